The van der Waals surface area contributed by atoms with Gasteiger partial charge < -0.3 is 15.0 Å². The molecule has 3 rings (SSSR count). The first kappa shape index (κ1) is 21.1. The van der Waals surface area contributed by atoms with Gasteiger partial charge in [0, 0.05) is 31.5 Å². The molecule has 0 radical (unpaired) electrons. The van der Waals surface area contributed by atoms with E-state index in [1.807, 2.05) is 30.3 Å². The molecule has 0 spiro atoms. The Hall–Kier alpha value is -2.60. The minimum absolute atomic E-state index is 0.0748. The Morgan fingerprint density at radius 1 is 1.21 bits per heavy atom. The molecule has 1 aromatic heterocycles. The highest BCUT2D eigenvalue weighted by atomic mass is 16.5. The maximum Gasteiger partial charge on any atom is 0.270 e. The van der Waals surface area contributed by atoms with Crippen LogP contribution in [0.25, 0.3) is 0 Å². The number of anilines is 1. The predicted octanol–water partition coefficient (Wildman–Crippen LogP) is 3.50. The molecule has 0 saturated carbocycles. The molecular weight excluding hydrogens is 364 g/mol. The lowest BCUT2D eigenvalue weighted by atomic mass is 10.0. The number of nitrogens with zero attached hydrogens (tertiary/aromatic N) is 3. The highest BCUT2D eigenvalue weighted by Gasteiger charge is 2.21. The Bertz CT molecular complexity index is 801. The van der Waals surface area contributed by atoms with E-state index in [9.17, 15) is 4.79 Å². The summed E-state index contributed by atoms with van der Waals surface area (Å²) in [5.41, 5.74) is 2.68. The number of ether oxygens (including phenoxy) is 1. The number of pyridine rings is 1. The Morgan fingerprint density at radius 3 is 2.66 bits per heavy atom. The molecule has 1 aromatic carbocycles. The van der Waals surface area contributed by atoms with Crippen molar-refractivity contribution in [1.82, 2.24) is 15.2 Å². The number of methoxy groups -OCH3 is 1. The monoisotopic (exact) mass is 396 g/mol. The van der Waals surface area contributed by atoms with Gasteiger partial charge in [-0.15, -0.1) is 0 Å². The standard InChI is InChI=1S/C23H32N4O2/c1-4-26(5-2)22(18-9-8-10-20(15-18)29-3)17-25-23(28)21-16-19(11-12-24-21)27-13-6-7-14-27/h8-12,15-16,22H,4-7,13-14,17H2,1-3H3,(H,25,28). The number of hydrogen-bond donors (Lipinski definition) is 1. The van der Waals surface area contributed by atoms with Crippen LogP contribution < -0.4 is 15.0 Å². The summed E-state index contributed by atoms with van der Waals surface area (Å²) >= 11 is 0. The molecule has 1 fully saturated rings. The van der Waals surface area contributed by atoms with Gasteiger partial charge in [-0.2, -0.15) is 0 Å². The van der Waals surface area contributed by atoms with Crippen molar-refractivity contribution in [3.63, 3.8) is 0 Å². The number of aromatic nitrogens is 1. The molecule has 1 atom stereocenters. The zero-order valence-electron chi connectivity index (χ0n) is 17.7. The smallest absolute Gasteiger partial charge is 0.270 e. The summed E-state index contributed by atoms with van der Waals surface area (Å²) < 4.78 is 5.39. The number of benzene rings is 1. The van der Waals surface area contributed by atoms with Crippen molar-refractivity contribution in [1.29, 1.82) is 0 Å². The number of amides is 1. The Labute approximate surface area is 173 Å². The molecule has 1 N–H and O–H groups in total. The number of hydrogen-bond acceptors (Lipinski definition) is 5. The molecule has 1 amide bonds. The second kappa shape index (κ2) is 10.3. The van der Waals surface area contributed by atoms with E-state index in [2.05, 4.69) is 40.0 Å². The van der Waals surface area contributed by atoms with E-state index >= 15 is 0 Å². The quantitative estimate of drug-likeness (QED) is 0.703. The van der Waals surface area contributed by atoms with Gasteiger partial charge >= 0.3 is 0 Å². The molecule has 1 aliphatic heterocycles. The van der Waals surface area contributed by atoms with E-state index in [1.165, 1.54) is 12.8 Å². The molecule has 6 heteroatoms. The van der Waals surface area contributed by atoms with Gasteiger partial charge in [-0.1, -0.05) is 26.0 Å². The van der Waals surface area contributed by atoms with Gasteiger partial charge in [0.15, 0.2) is 0 Å². The molecule has 1 unspecified atom stereocenters. The van der Waals surface area contributed by atoms with Crippen molar-refractivity contribution in [2.24, 2.45) is 0 Å². The number of carbonyl (C=O) groups excluding carboxylic acids is 1. The van der Waals surface area contributed by atoms with Gasteiger partial charge in [-0.3, -0.25) is 14.7 Å². The lowest BCUT2D eigenvalue weighted by molar-refractivity contribution is 0.0930. The second-order valence-corrected chi connectivity index (χ2v) is 7.32. The van der Waals surface area contributed by atoms with E-state index in [1.54, 1.807) is 13.3 Å². The number of carbonyl (C=O) groups is 1. The van der Waals surface area contributed by atoms with Crippen molar-refractivity contribution in [2.75, 3.05) is 44.7 Å². The fraction of sp³-hybridized carbons (Fsp3) is 0.478. The maximum absolute atomic E-state index is 12.8. The number of likely N-dealkylation sites (N-methyl/N-ethyl adjacent to an activating group) is 1. The van der Waals surface area contributed by atoms with Crippen LogP contribution in [0.2, 0.25) is 0 Å². The van der Waals surface area contributed by atoms with Gasteiger partial charge in [0.1, 0.15) is 11.4 Å². The summed E-state index contributed by atoms with van der Waals surface area (Å²) in [5, 5.41) is 3.10. The van der Waals surface area contributed by atoms with Gasteiger partial charge in [-0.25, -0.2) is 0 Å². The summed E-state index contributed by atoms with van der Waals surface area (Å²) in [6, 6.07) is 12.0. The van der Waals surface area contributed by atoms with Gasteiger partial charge in [-0.05, 0) is 55.8 Å². The van der Waals surface area contributed by atoms with Crippen molar-refractivity contribution in [3.8, 4) is 5.75 Å². The summed E-state index contributed by atoms with van der Waals surface area (Å²) in [4.78, 5) is 21.8. The van der Waals surface area contributed by atoms with Crippen molar-refractivity contribution in [3.05, 3.63) is 53.9 Å². The first-order valence-corrected chi connectivity index (χ1v) is 10.5. The zero-order chi connectivity index (χ0) is 20.6. The van der Waals surface area contributed by atoms with Crippen LogP contribution in [-0.4, -0.2) is 55.6 Å². The third kappa shape index (κ3) is 5.26. The number of rotatable bonds is 9. The molecule has 1 saturated heterocycles. The Morgan fingerprint density at radius 2 is 1.97 bits per heavy atom. The predicted molar refractivity (Wildman–Crippen MR) is 117 cm³/mol. The summed E-state index contributed by atoms with van der Waals surface area (Å²) in [6.07, 6.45) is 4.14. The fourth-order valence-electron chi connectivity index (χ4n) is 3.97. The lowest BCUT2D eigenvalue weighted by Gasteiger charge is -2.30. The van der Waals surface area contributed by atoms with Crippen LogP contribution in [0.15, 0.2) is 42.6 Å². The van der Waals surface area contributed by atoms with E-state index in [0.29, 0.717) is 12.2 Å². The fourth-order valence-corrected chi connectivity index (χ4v) is 3.97. The van der Waals surface area contributed by atoms with Crippen LogP contribution in [0.3, 0.4) is 0 Å². The Balaban J connectivity index is 1.73. The molecule has 29 heavy (non-hydrogen) atoms. The third-order valence-corrected chi connectivity index (χ3v) is 5.64. The van der Waals surface area contributed by atoms with E-state index in [0.717, 1.165) is 43.2 Å². The van der Waals surface area contributed by atoms with Crippen LogP contribution in [0.1, 0.15) is 48.8 Å². The highest BCUT2D eigenvalue weighted by Crippen LogP contribution is 2.24. The average molecular weight is 397 g/mol. The molecule has 0 bridgehead atoms. The molecule has 6 nitrogen and oxygen atoms in total. The molecule has 0 aliphatic carbocycles. The first-order chi connectivity index (χ1) is 14.2. The molecule has 1 aliphatic rings. The number of nitrogens with one attached hydrogen (secondary N) is 1. The largest absolute Gasteiger partial charge is 0.497 e. The minimum atomic E-state index is -0.133. The normalized spacial score (nSPS) is 14.8. The topological polar surface area (TPSA) is 57.7 Å². The van der Waals surface area contributed by atoms with Crippen LogP contribution in [0, 0.1) is 0 Å². The van der Waals surface area contributed by atoms with E-state index in [-0.39, 0.29) is 11.9 Å². The van der Waals surface area contributed by atoms with Gasteiger partial charge in [0.05, 0.1) is 13.2 Å². The van der Waals surface area contributed by atoms with Crippen LogP contribution in [0.4, 0.5) is 5.69 Å². The maximum atomic E-state index is 12.8. The highest BCUT2D eigenvalue weighted by molar-refractivity contribution is 5.93. The minimum Gasteiger partial charge on any atom is -0.497 e. The van der Waals surface area contributed by atoms with Crippen LogP contribution in [0.5, 0.6) is 5.75 Å². The molecule has 2 aromatic rings. The Kier molecular flexibility index (Phi) is 7.47. The van der Waals surface area contributed by atoms with Crippen molar-refractivity contribution in [2.45, 2.75) is 32.7 Å². The van der Waals surface area contributed by atoms with E-state index < -0.39 is 0 Å². The zero-order valence-corrected chi connectivity index (χ0v) is 17.7. The molecule has 156 valence electrons. The van der Waals surface area contributed by atoms with Crippen LogP contribution >= 0.6 is 0 Å². The van der Waals surface area contributed by atoms with Crippen molar-refractivity contribution >= 4 is 11.6 Å². The van der Waals surface area contributed by atoms with Crippen molar-refractivity contribution < 1.29 is 9.53 Å². The lowest BCUT2D eigenvalue weighted by Crippen LogP contribution is -2.38. The van der Waals surface area contributed by atoms with E-state index in [4.69, 9.17) is 4.74 Å². The summed E-state index contributed by atoms with van der Waals surface area (Å²) in [6.45, 7) is 8.69. The average Bonchev–Trinajstić information content (AvgIpc) is 3.31. The summed E-state index contributed by atoms with van der Waals surface area (Å²) in [5.74, 6) is 0.692. The SMILES string of the molecule is CCN(CC)C(CNC(=O)c1cc(N2CCCC2)ccn1)c1cccc(OC)c1. The second-order valence-electron chi connectivity index (χ2n) is 7.32. The third-order valence-electron chi connectivity index (χ3n) is 5.64. The first-order valence-electron chi connectivity index (χ1n) is 10.5. The van der Waals surface area contributed by atoms with Crippen LogP contribution in [-0.2, 0) is 0 Å². The van der Waals surface area contributed by atoms with Gasteiger partial charge in [0.2, 0.25) is 0 Å². The molecular formula is C23H32N4O2. The molecule has 2 heterocycles. The summed E-state index contributed by atoms with van der Waals surface area (Å²) in [7, 11) is 1.67. The van der Waals surface area contributed by atoms with Gasteiger partial charge in [0.25, 0.3) is 5.91 Å².